The van der Waals surface area contributed by atoms with Gasteiger partial charge < -0.3 is 20.1 Å². The van der Waals surface area contributed by atoms with Crippen LogP contribution >= 0.6 is 21.6 Å². The molecule has 2 aromatic heterocycles. The number of aliphatic hydroxyl groups is 3. The van der Waals surface area contributed by atoms with E-state index in [2.05, 4.69) is 21.5 Å². The molecule has 3 N–H and O–H groups in total. The Morgan fingerprint density at radius 2 is 2.13 bits per heavy atom. The van der Waals surface area contributed by atoms with Gasteiger partial charge in [0, 0.05) is 5.75 Å². The number of nitrogens with zero attached hydrogens (tertiary/aromatic N) is 4. The second-order valence-electron chi connectivity index (χ2n) is 4.89. The normalized spacial score (nSPS) is 27.6. The Hall–Kier alpha value is -1.17. The van der Waals surface area contributed by atoms with Gasteiger partial charge in [0.2, 0.25) is 0 Å². The number of aromatic nitrogens is 4. The minimum atomic E-state index is -1.18. The van der Waals surface area contributed by atoms with E-state index >= 15 is 0 Å². The van der Waals surface area contributed by atoms with Crippen molar-refractivity contribution in [3.8, 4) is 0 Å². The summed E-state index contributed by atoms with van der Waals surface area (Å²) in [5.74, 6) is 0.770. The van der Waals surface area contributed by atoms with E-state index in [0.717, 1.165) is 5.75 Å². The average Bonchev–Trinajstić information content (AvgIpc) is 3.11. The zero-order valence-corrected chi connectivity index (χ0v) is 13.7. The van der Waals surface area contributed by atoms with Crippen LogP contribution in [0.2, 0.25) is 0 Å². The van der Waals surface area contributed by atoms with Crippen LogP contribution < -0.4 is 0 Å². The highest BCUT2D eigenvalue weighted by Gasteiger charge is 2.44. The highest BCUT2D eigenvalue weighted by atomic mass is 33.1. The number of fused-ring (bicyclic) bond motifs is 1. The van der Waals surface area contributed by atoms with Crippen LogP contribution in [0.5, 0.6) is 0 Å². The summed E-state index contributed by atoms with van der Waals surface area (Å²) < 4.78 is 7.06. The van der Waals surface area contributed by atoms with Crippen LogP contribution in [0, 0.1) is 0 Å². The molecule has 8 nitrogen and oxygen atoms in total. The number of hydrogen-bond acceptors (Lipinski definition) is 9. The van der Waals surface area contributed by atoms with Crippen LogP contribution in [-0.2, 0) is 4.74 Å². The van der Waals surface area contributed by atoms with Crippen LogP contribution in [0.25, 0.3) is 11.2 Å². The lowest BCUT2D eigenvalue weighted by Gasteiger charge is -2.16. The number of aliphatic hydroxyl groups excluding tert-OH is 3. The van der Waals surface area contributed by atoms with E-state index in [4.69, 9.17) is 4.74 Å². The topological polar surface area (TPSA) is 114 Å². The maximum absolute atomic E-state index is 10.1. The fourth-order valence-corrected chi connectivity index (χ4v) is 4.11. The Morgan fingerprint density at radius 1 is 1.30 bits per heavy atom. The van der Waals surface area contributed by atoms with E-state index in [1.54, 1.807) is 21.4 Å². The van der Waals surface area contributed by atoms with E-state index in [-0.39, 0.29) is 6.61 Å². The molecule has 0 unspecified atom stereocenters. The molecule has 3 rings (SSSR count). The zero-order chi connectivity index (χ0) is 16.4. The van der Waals surface area contributed by atoms with Crippen molar-refractivity contribution in [2.24, 2.45) is 0 Å². The summed E-state index contributed by atoms with van der Waals surface area (Å²) in [6.07, 6.45) is 0.660. The predicted octanol–water partition coefficient (Wildman–Crippen LogP) is 0.364. The van der Waals surface area contributed by atoms with Crippen molar-refractivity contribution < 1.29 is 20.1 Å². The smallest absolute Gasteiger partial charge is 0.166 e. The Kier molecular flexibility index (Phi) is 5.19. The van der Waals surface area contributed by atoms with Gasteiger partial charge in [-0.3, -0.25) is 4.57 Å². The van der Waals surface area contributed by atoms with Crippen LogP contribution in [0.4, 0.5) is 0 Å². The molecule has 0 aliphatic carbocycles. The van der Waals surface area contributed by atoms with Gasteiger partial charge in [-0.25, -0.2) is 15.0 Å². The van der Waals surface area contributed by atoms with Crippen molar-refractivity contribution in [1.29, 1.82) is 0 Å². The molecule has 10 heteroatoms. The van der Waals surface area contributed by atoms with Gasteiger partial charge in [0.1, 0.15) is 35.2 Å². The van der Waals surface area contributed by atoms with Crippen molar-refractivity contribution in [1.82, 2.24) is 19.5 Å². The van der Waals surface area contributed by atoms with Gasteiger partial charge in [0.25, 0.3) is 0 Å². The first-order chi connectivity index (χ1) is 11.2. The number of imidazole rings is 1. The van der Waals surface area contributed by atoms with Gasteiger partial charge in [-0.1, -0.05) is 16.9 Å². The maximum Gasteiger partial charge on any atom is 0.166 e. The molecular formula is C13H16N4O4S2. The first kappa shape index (κ1) is 16.7. The summed E-state index contributed by atoms with van der Waals surface area (Å²) in [5, 5.41) is 29.9. The average molecular weight is 356 g/mol. The molecular weight excluding hydrogens is 340 g/mol. The zero-order valence-electron chi connectivity index (χ0n) is 12.0. The highest BCUT2D eigenvalue weighted by Crippen LogP contribution is 2.35. The third-order valence-corrected chi connectivity index (χ3v) is 5.62. The van der Waals surface area contributed by atoms with Crippen molar-refractivity contribution in [3.05, 3.63) is 25.3 Å². The maximum atomic E-state index is 10.1. The first-order valence-electron chi connectivity index (χ1n) is 6.87. The van der Waals surface area contributed by atoms with E-state index in [1.165, 1.54) is 23.4 Å². The lowest BCUT2D eigenvalue weighted by atomic mass is 10.1. The molecule has 0 spiro atoms. The quantitative estimate of drug-likeness (QED) is 0.292. The molecule has 23 heavy (non-hydrogen) atoms. The van der Waals surface area contributed by atoms with Gasteiger partial charge in [0.15, 0.2) is 11.9 Å². The third-order valence-electron chi connectivity index (χ3n) is 3.44. The summed E-state index contributed by atoms with van der Waals surface area (Å²) in [4.78, 5) is 12.7. The van der Waals surface area contributed by atoms with Gasteiger partial charge in [-0.2, -0.15) is 0 Å². The second kappa shape index (κ2) is 7.16. The molecule has 1 saturated heterocycles. The summed E-state index contributed by atoms with van der Waals surface area (Å²) >= 11 is 0. The van der Waals surface area contributed by atoms with Gasteiger partial charge >= 0.3 is 0 Å². The standard InChI is InChI=1S/C13H16N4O4S2/c1-2-3-22-23-12-8-11(14-5-15-12)17(6-16-8)13-10(20)9(19)7(4-18)21-13/h2,5-7,9-10,13,18-20H,1,3-4H2/t7-,9+,10+,13-/m1/s1. The molecule has 0 aromatic carbocycles. The lowest BCUT2D eigenvalue weighted by molar-refractivity contribution is -0.0511. The minimum Gasteiger partial charge on any atom is -0.394 e. The van der Waals surface area contributed by atoms with Gasteiger partial charge in [-0.05, 0) is 10.8 Å². The Bertz CT molecular complexity index is 698. The summed E-state index contributed by atoms with van der Waals surface area (Å²) in [6, 6.07) is 0. The molecule has 1 aliphatic rings. The van der Waals surface area contributed by atoms with E-state index in [9.17, 15) is 15.3 Å². The highest BCUT2D eigenvalue weighted by molar-refractivity contribution is 8.76. The van der Waals surface area contributed by atoms with Crippen LogP contribution in [0.15, 0.2) is 30.3 Å². The predicted molar refractivity (Wildman–Crippen MR) is 86.8 cm³/mol. The fourth-order valence-electron chi connectivity index (χ4n) is 2.33. The third kappa shape index (κ3) is 3.10. The Balaban J connectivity index is 1.91. The SMILES string of the molecule is C=CCSSc1ncnc2c1ncn2[C@@H]1O[C@H](CO)[C@H](O)[C@@H]1O. The Labute approximate surface area is 140 Å². The van der Waals surface area contributed by atoms with E-state index in [1.807, 2.05) is 0 Å². The van der Waals surface area contributed by atoms with E-state index in [0.29, 0.717) is 16.2 Å². The van der Waals surface area contributed by atoms with Crippen LogP contribution in [0.1, 0.15) is 6.23 Å². The van der Waals surface area contributed by atoms with Crippen molar-refractivity contribution in [2.45, 2.75) is 29.6 Å². The molecule has 1 aliphatic heterocycles. The molecule has 2 aromatic rings. The molecule has 3 heterocycles. The van der Waals surface area contributed by atoms with Crippen molar-refractivity contribution in [3.63, 3.8) is 0 Å². The number of ether oxygens (including phenoxy) is 1. The van der Waals surface area contributed by atoms with Crippen LogP contribution in [-0.4, -0.2) is 65.5 Å². The number of rotatable bonds is 6. The Morgan fingerprint density at radius 3 is 2.83 bits per heavy atom. The van der Waals surface area contributed by atoms with Crippen LogP contribution in [0.3, 0.4) is 0 Å². The van der Waals surface area contributed by atoms with E-state index < -0.39 is 24.5 Å². The van der Waals surface area contributed by atoms with Gasteiger partial charge in [0.05, 0.1) is 12.9 Å². The molecule has 0 bridgehead atoms. The molecule has 0 radical (unpaired) electrons. The molecule has 4 atom stereocenters. The lowest BCUT2D eigenvalue weighted by Crippen LogP contribution is -2.33. The number of hydrogen-bond donors (Lipinski definition) is 3. The molecule has 0 saturated carbocycles. The molecule has 1 fully saturated rings. The monoisotopic (exact) mass is 356 g/mol. The summed E-state index contributed by atoms with van der Waals surface area (Å²) in [5.41, 5.74) is 1.09. The molecule has 124 valence electrons. The fraction of sp³-hybridized carbons (Fsp3) is 0.462. The first-order valence-corrected chi connectivity index (χ1v) is 9.19. The van der Waals surface area contributed by atoms with Gasteiger partial charge in [-0.15, -0.1) is 6.58 Å². The van der Waals surface area contributed by atoms with Crippen molar-refractivity contribution in [2.75, 3.05) is 12.4 Å². The summed E-state index contributed by atoms with van der Waals surface area (Å²) in [7, 11) is 3.04. The second-order valence-corrected chi connectivity index (χ2v) is 7.22. The summed E-state index contributed by atoms with van der Waals surface area (Å²) in [6.45, 7) is 3.29. The largest absolute Gasteiger partial charge is 0.394 e. The molecule has 0 amide bonds. The minimum absolute atomic E-state index is 0.379. The van der Waals surface area contributed by atoms with Crippen molar-refractivity contribution >= 4 is 32.8 Å².